The van der Waals surface area contributed by atoms with Crippen molar-refractivity contribution in [2.75, 3.05) is 25.7 Å². The predicted octanol–water partition coefficient (Wildman–Crippen LogP) is 3.86. The standard InChI is InChI=1S/C16H20ClFO2/c1-13(2)7-9-19-10-11-20-16-12-14(4-3-8-17)5-6-15(16)18/h5-6,12-13H,7-11H2,1-2H3. The molecule has 110 valence electrons. The average molecular weight is 299 g/mol. The molecule has 4 heteroatoms. The second kappa shape index (κ2) is 9.63. The summed E-state index contributed by atoms with van der Waals surface area (Å²) >= 11 is 5.48. The molecule has 0 unspecified atom stereocenters. The van der Waals surface area contributed by atoms with E-state index in [0.29, 0.717) is 31.3 Å². The molecule has 0 spiro atoms. The van der Waals surface area contributed by atoms with Crippen molar-refractivity contribution in [2.45, 2.75) is 20.3 Å². The summed E-state index contributed by atoms with van der Waals surface area (Å²) in [5.41, 5.74) is 0.683. The van der Waals surface area contributed by atoms with E-state index in [1.54, 1.807) is 12.1 Å². The van der Waals surface area contributed by atoms with Crippen molar-refractivity contribution in [1.82, 2.24) is 0 Å². The maximum atomic E-state index is 13.5. The summed E-state index contributed by atoms with van der Waals surface area (Å²) < 4.78 is 24.3. The highest BCUT2D eigenvalue weighted by molar-refractivity contribution is 6.19. The SMILES string of the molecule is CC(C)CCOCCOc1cc(C#CCCl)ccc1F. The molecule has 0 heterocycles. The van der Waals surface area contributed by atoms with Gasteiger partial charge in [0.1, 0.15) is 6.61 Å². The van der Waals surface area contributed by atoms with Crippen LogP contribution >= 0.6 is 11.6 Å². The molecule has 0 bridgehead atoms. The van der Waals surface area contributed by atoms with Crippen molar-refractivity contribution >= 4 is 11.6 Å². The molecule has 0 radical (unpaired) electrons. The summed E-state index contributed by atoms with van der Waals surface area (Å²) in [5.74, 6) is 6.20. The van der Waals surface area contributed by atoms with Crippen LogP contribution in [-0.4, -0.2) is 25.7 Å². The summed E-state index contributed by atoms with van der Waals surface area (Å²) in [6, 6.07) is 4.51. The number of hydrogen-bond donors (Lipinski definition) is 0. The van der Waals surface area contributed by atoms with Gasteiger partial charge < -0.3 is 9.47 Å². The number of hydrogen-bond acceptors (Lipinski definition) is 2. The lowest BCUT2D eigenvalue weighted by Crippen LogP contribution is -2.09. The molecular formula is C16H20ClFO2. The van der Waals surface area contributed by atoms with Crippen LogP contribution in [0, 0.1) is 23.6 Å². The first-order chi connectivity index (χ1) is 9.63. The Labute approximate surface area is 125 Å². The molecule has 0 N–H and O–H groups in total. The zero-order valence-electron chi connectivity index (χ0n) is 11.9. The number of alkyl halides is 1. The van der Waals surface area contributed by atoms with Crippen molar-refractivity contribution < 1.29 is 13.9 Å². The number of rotatable bonds is 7. The molecule has 0 aliphatic rings. The maximum Gasteiger partial charge on any atom is 0.165 e. The normalized spacial score (nSPS) is 10.2. The molecule has 20 heavy (non-hydrogen) atoms. The minimum atomic E-state index is -0.399. The van der Waals surface area contributed by atoms with Crippen LogP contribution in [0.1, 0.15) is 25.8 Å². The fraction of sp³-hybridized carbons (Fsp3) is 0.500. The molecule has 0 saturated heterocycles. The second-order valence-electron chi connectivity index (χ2n) is 4.72. The van der Waals surface area contributed by atoms with Gasteiger partial charge in [-0.25, -0.2) is 4.39 Å². The summed E-state index contributed by atoms with van der Waals surface area (Å²) in [4.78, 5) is 0. The van der Waals surface area contributed by atoms with Gasteiger partial charge in [-0.05, 0) is 30.5 Å². The van der Waals surface area contributed by atoms with Crippen LogP contribution in [0.4, 0.5) is 4.39 Å². The molecule has 1 aromatic carbocycles. The zero-order valence-corrected chi connectivity index (χ0v) is 12.7. The molecule has 0 aliphatic heterocycles. The van der Waals surface area contributed by atoms with E-state index in [9.17, 15) is 4.39 Å². The molecule has 0 fully saturated rings. The Balaban J connectivity index is 2.39. The van der Waals surface area contributed by atoms with Gasteiger partial charge in [-0.1, -0.05) is 25.7 Å². The molecule has 0 aromatic heterocycles. The third-order valence-corrected chi connectivity index (χ3v) is 2.69. The minimum absolute atomic E-state index is 0.193. The second-order valence-corrected chi connectivity index (χ2v) is 4.99. The Morgan fingerprint density at radius 3 is 2.75 bits per heavy atom. The average Bonchev–Trinajstić information content (AvgIpc) is 2.42. The van der Waals surface area contributed by atoms with Gasteiger partial charge in [-0.3, -0.25) is 0 Å². The summed E-state index contributed by atoms with van der Waals surface area (Å²) in [5, 5.41) is 0. The van der Waals surface area contributed by atoms with Crippen LogP contribution in [-0.2, 0) is 4.74 Å². The van der Waals surface area contributed by atoms with E-state index in [1.165, 1.54) is 6.07 Å². The Morgan fingerprint density at radius 2 is 2.05 bits per heavy atom. The first-order valence-corrected chi connectivity index (χ1v) is 7.22. The monoisotopic (exact) mass is 298 g/mol. The van der Waals surface area contributed by atoms with Crippen molar-refractivity contribution in [2.24, 2.45) is 5.92 Å². The fourth-order valence-corrected chi connectivity index (χ4v) is 1.53. The van der Waals surface area contributed by atoms with Crippen LogP contribution in [0.25, 0.3) is 0 Å². The van der Waals surface area contributed by atoms with E-state index in [2.05, 4.69) is 25.7 Å². The molecule has 0 saturated carbocycles. The largest absolute Gasteiger partial charge is 0.488 e. The van der Waals surface area contributed by atoms with Crippen molar-refractivity contribution in [3.05, 3.63) is 29.6 Å². The fourth-order valence-electron chi connectivity index (χ4n) is 1.46. The van der Waals surface area contributed by atoms with E-state index in [4.69, 9.17) is 21.1 Å². The Hall–Kier alpha value is -1.24. The van der Waals surface area contributed by atoms with Crippen LogP contribution in [0.2, 0.25) is 0 Å². The van der Waals surface area contributed by atoms with E-state index < -0.39 is 5.82 Å². The van der Waals surface area contributed by atoms with Gasteiger partial charge in [-0.2, -0.15) is 0 Å². The van der Waals surface area contributed by atoms with E-state index >= 15 is 0 Å². The van der Waals surface area contributed by atoms with Gasteiger partial charge in [0.2, 0.25) is 0 Å². The lowest BCUT2D eigenvalue weighted by atomic mass is 10.1. The highest BCUT2D eigenvalue weighted by atomic mass is 35.5. The molecule has 0 atom stereocenters. The quantitative estimate of drug-likeness (QED) is 0.432. The van der Waals surface area contributed by atoms with Gasteiger partial charge in [0.15, 0.2) is 11.6 Å². The molecular weight excluding hydrogens is 279 g/mol. The molecule has 2 nitrogen and oxygen atoms in total. The summed E-state index contributed by atoms with van der Waals surface area (Å²) in [6.07, 6.45) is 1.01. The molecule has 0 amide bonds. The third-order valence-electron chi connectivity index (χ3n) is 2.56. The summed E-state index contributed by atoms with van der Waals surface area (Å²) in [6.45, 7) is 5.75. The Bertz CT molecular complexity index is 463. The van der Waals surface area contributed by atoms with E-state index in [1.807, 2.05) is 0 Å². The first kappa shape index (κ1) is 16.8. The summed E-state index contributed by atoms with van der Waals surface area (Å²) in [7, 11) is 0. The van der Waals surface area contributed by atoms with Crippen molar-refractivity contribution in [3.63, 3.8) is 0 Å². The number of benzene rings is 1. The van der Waals surface area contributed by atoms with Gasteiger partial charge in [0, 0.05) is 12.2 Å². The van der Waals surface area contributed by atoms with Gasteiger partial charge in [-0.15, -0.1) is 11.6 Å². The number of halogens is 2. The van der Waals surface area contributed by atoms with Gasteiger partial charge in [0.25, 0.3) is 0 Å². The smallest absolute Gasteiger partial charge is 0.165 e. The lowest BCUT2D eigenvalue weighted by Gasteiger charge is -2.09. The lowest BCUT2D eigenvalue weighted by molar-refractivity contribution is 0.0913. The Morgan fingerprint density at radius 1 is 1.25 bits per heavy atom. The zero-order chi connectivity index (χ0) is 14.8. The Kier molecular flexibility index (Phi) is 8.10. The topological polar surface area (TPSA) is 18.5 Å². The first-order valence-electron chi connectivity index (χ1n) is 6.68. The maximum absolute atomic E-state index is 13.5. The third kappa shape index (κ3) is 6.79. The van der Waals surface area contributed by atoms with Crippen LogP contribution in [0.5, 0.6) is 5.75 Å². The number of ether oxygens (including phenoxy) is 2. The highest BCUT2D eigenvalue weighted by Gasteiger charge is 2.04. The molecule has 0 aliphatic carbocycles. The van der Waals surface area contributed by atoms with Crippen molar-refractivity contribution in [1.29, 1.82) is 0 Å². The predicted molar refractivity (Wildman–Crippen MR) is 79.8 cm³/mol. The van der Waals surface area contributed by atoms with Gasteiger partial charge in [0.05, 0.1) is 12.5 Å². The molecule has 1 rings (SSSR count). The molecule has 1 aromatic rings. The van der Waals surface area contributed by atoms with Crippen LogP contribution in [0.3, 0.4) is 0 Å². The van der Waals surface area contributed by atoms with Crippen LogP contribution < -0.4 is 4.74 Å². The van der Waals surface area contributed by atoms with E-state index in [-0.39, 0.29) is 11.6 Å². The van der Waals surface area contributed by atoms with E-state index in [0.717, 1.165) is 6.42 Å². The highest BCUT2D eigenvalue weighted by Crippen LogP contribution is 2.18. The van der Waals surface area contributed by atoms with Crippen LogP contribution in [0.15, 0.2) is 18.2 Å². The minimum Gasteiger partial charge on any atom is -0.488 e. The van der Waals surface area contributed by atoms with Crippen molar-refractivity contribution in [3.8, 4) is 17.6 Å². The van der Waals surface area contributed by atoms with Gasteiger partial charge >= 0.3 is 0 Å².